The highest BCUT2D eigenvalue weighted by Crippen LogP contribution is 2.19. The second-order valence-electron chi connectivity index (χ2n) is 5.53. The first-order chi connectivity index (χ1) is 11.2. The summed E-state index contributed by atoms with van der Waals surface area (Å²) in [5.41, 5.74) is 1.10. The first kappa shape index (κ1) is 15.7. The van der Waals surface area contributed by atoms with Crippen molar-refractivity contribution < 1.29 is 9.53 Å². The van der Waals surface area contributed by atoms with Crippen LogP contribution in [-0.4, -0.2) is 35.0 Å². The molecule has 0 bridgehead atoms. The van der Waals surface area contributed by atoms with Crippen molar-refractivity contribution in [3.8, 4) is 5.75 Å². The van der Waals surface area contributed by atoms with Crippen LogP contribution in [0, 0.1) is 0 Å². The average Bonchev–Trinajstić information content (AvgIpc) is 2.90. The van der Waals surface area contributed by atoms with Crippen molar-refractivity contribution in [3.63, 3.8) is 0 Å². The van der Waals surface area contributed by atoms with Crippen molar-refractivity contribution in [2.45, 2.75) is 31.7 Å². The Morgan fingerprint density at radius 1 is 1.43 bits per heavy atom. The van der Waals surface area contributed by atoms with E-state index in [4.69, 9.17) is 4.74 Å². The van der Waals surface area contributed by atoms with E-state index < -0.39 is 0 Å². The van der Waals surface area contributed by atoms with Crippen LogP contribution < -0.4 is 15.4 Å². The topological polar surface area (TPSA) is 76.1 Å². The second kappa shape index (κ2) is 7.41. The van der Waals surface area contributed by atoms with E-state index in [9.17, 15) is 4.79 Å². The van der Waals surface area contributed by atoms with Gasteiger partial charge in [0.05, 0.1) is 7.11 Å². The number of nitrogens with zero attached hydrogens (tertiary/aromatic N) is 2. The van der Waals surface area contributed by atoms with E-state index in [-0.39, 0.29) is 11.9 Å². The summed E-state index contributed by atoms with van der Waals surface area (Å²) in [4.78, 5) is 16.5. The van der Waals surface area contributed by atoms with Gasteiger partial charge in [0.1, 0.15) is 17.6 Å². The van der Waals surface area contributed by atoms with Crippen molar-refractivity contribution in [1.29, 1.82) is 0 Å². The third-order valence-electron chi connectivity index (χ3n) is 3.80. The molecule has 1 fully saturated rings. The maximum absolute atomic E-state index is 12.0. The molecule has 1 aromatic carbocycles. The predicted octanol–water partition coefficient (Wildman–Crippen LogP) is 2.22. The minimum atomic E-state index is -0.213. The first-order valence-electron chi connectivity index (χ1n) is 7.74. The lowest BCUT2D eigenvalue weighted by molar-refractivity contribution is -0.121. The van der Waals surface area contributed by atoms with E-state index in [2.05, 4.69) is 20.0 Å². The summed E-state index contributed by atoms with van der Waals surface area (Å²) < 4.78 is 9.60. The maximum atomic E-state index is 12.0. The molecule has 2 aromatic rings. The summed E-state index contributed by atoms with van der Waals surface area (Å²) in [6, 6.07) is 7.66. The Balaban J connectivity index is 1.64. The molecule has 1 aliphatic rings. The van der Waals surface area contributed by atoms with E-state index in [1.165, 1.54) is 11.5 Å². The molecule has 1 aromatic heterocycles. The number of benzene rings is 1. The van der Waals surface area contributed by atoms with Gasteiger partial charge < -0.3 is 15.4 Å². The number of methoxy groups -OCH3 is 1. The number of nitrogens with one attached hydrogen (secondary N) is 2. The SMILES string of the molecule is COc1cccc(Cc2nsc(NC3CCCCNC3=O)n2)c1. The van der Waals surface area contributed by atoms with Crippen LogP contribution in [0.15, 0.2) is 24.3 Å². The molecule has 0 spiro atoms. The van der Waals surface area contributed by atoms with E-state index in [0.717, 1.165) is 42.9 Å². The minimum Gasteiger partial charge on any atom is -0.497 e. The van der Waals surface area contributed by atoms with Gasteiger partial charge in [0.25, 0.3) is 0 Å². The maximum Gasteiger partial charge on any atom is 0.242 e. The molecule has 1 aliphatic heterocycles. The van der Waals surface area contributed by atoms with Gasteiger partial charge in [-0.1, -0.05) is 12.1 Å². The molecule has 0 radical (unpaired) electrons. The monoisotopic (exact) mass is 332 g/mol. The lowest BCUT2D eigenvalue weighted by Crippen LogP contribution is -2.37. The zero-order chi connectivity index (χ0) is 16.1. The number of hydrogen-bond donors (Lipinski definition) is 2. The summed E-state index contributed by atoms with van der Waals surface area (Å²) >= 11 is 1.30. The number of carbonyl (C=O) groups is 1. The lowest BCUT2D eigenvalue weighted by Gasteiger charge is -2.13. The summed E-state index contributed by atoms with van der Waals surface area (Å²) in [7, 11) is 1.65. The second-order valence-corrected chi connectivity index (χ2v) is 6.28. The Bertz CT molecular complexity index is 674. The highest BCUT2D eigenvalue weighted by Gasteiger charge is 2.21. The fraction of sp³-hybridized carbons (Fsp3) is 0.438. The molecule has 0 aliphatic carbocycles. The molecule has 3 rings (SSSR count). The Kier molecular flexibility index (Phi) is 5.07. The van der Waals surface area contributed by atoms with Crippen molar-refractivity contribution in [2.24, 2.45) is 0 Å². The Morgan fingerprint density at radius 3 is 3.22 bits per heavy atom. The number of aromatic nitrogens is 2. The van der Waals surface area contributed by atoms with E-state index in [0.29, 0.717) is 11.6 Å². The number of hydrogen-bond acceptors (Lipinski definition) is 6. The Labute approximate surface area is 139 Å². The number of carbonyl (C=O) groups excluding carboxylic acids is 1. The van der Waals surface area contributed by atoms with Gasteiger partial charge in [-0.3, -0.25) is 4.79 Å². The highest BCUT2D eigenvalue weighted by molar-refractivity contribution is 7.09. The van der Waals surface area contributed by atoms with Gasteiger partial charge in [0.15, 0.2) is 0 Å². The molecule has 6 nitrogen and oxygen atoms in total. The summed E-state index contributed by atoms with van der Waals surface area (Å²) in [5, 5.41) is 6.82. The molecule has 1 amide bonds. The number of rotatable bonds is 5. The standard InChI is InChI=1S/C16H20N4O2S/c1-22-12-6-4-5-11(9-12)10-14-19-16(23-20-14)18-13-7-2-3-8-17-15(13)21/h4-6,9,13H,2-3,7-8,10H2,1H3,(H,17,21)(H,18,19,20). The van der Waals surface area contributed by atoms with Gasteiger partial charge in [-0.05, 0) is 37.0 Å². The summed E-state index contributed by atoms with van der Waals surface area (Å²) in [5.74, 6) is 1.62. The van der Waals surface area contributed by atoms with Gasteiger partial charge in [0.2, 0.25) is 11.0 Å². The van der Waals surface area contributed by atoms with E-state index >= 15 is 0 Å². The largest absolute Gasteiger partial charge is 0.497 e. The normalized spacial score (nSPS) is 18.1. The van der Waals surface area contributed by atoms with Crippen LogP contribution in [0.25, 0.3) is 0 Å². The molecule has 1 atom stereocenters. The zero-order valence-corrected chi connectivity index (χ0v) is 13.9. The van der Waals surface area contributed by atoms with Gasteiger partial charge in [-0.2, -0.15) is 4.37 Å². The first-order valence-corrected chi connectivity index (χ1v) is 8.52. The molecule has 2 N–H and O–H groups in total. The molecule has 2 heterocycles. The molecular weight excluding hydrogens is 312 g/mol. The average molecular weight is 332 g/mol. The number of ether oxygens (including phenoxy) is 1. The Hall–Kier alpha value is -2.15. The van der Waals surface area contributed by atoms with E-state index in [1.807, 2.05) is 24.3 Å². The van der Waals surface area contributed by atoms with Gasteiger partial charge in [0, 0.05) is 24.5 Å². The Morgan fingerprint density at radius 2 is 2.35 bits per heavy atom. The quantitative estimate of drug-likeness (QED) is 0.878. The molecular formula is C16H20N4O2S. The van der Waals surface area contributed by atoms with Gasteiger partial charge in [-0.25, -0.2) is 4.98 Å². The fourth-order valence-electron chi connectivity index (χ4n) is 2.58. The van der Waals surface area contributed by atoms with Crippen molar-refractivity contribution >= 4 is 22.6 Å². The number of anilines is 1. The van der Waals surface area contributed by atoms with Crippen LogP contribution in [0.2, 0.25) is 0 Å². The molecule has 122 valence electrons. The van der Waals surface area contributed by atoms with Crippen molar-refractivity contribution in [3.05, 3.63) is 35.7 Å². The summed E-state index contributed by atoms with van der Waals surface area (Å²) in [6.07, 6.45) is 3.54. The molecule has 1 unspecified atom stereocenters. The summed E-state index contributed by atoms with van der Waals surface area (Å²) in [6.45, 7) is 0.758. The van der Waals surface area contributed by atoms with E-state index in [1.54, 1.807) is 7.11 Å². The highest BCUT2D eigenvalue weighted by atomic mass is 32.1. The zero-order valence-electron chi connectivity index (χ0n) is 13.0. The van der Waals surface area contributed by atoms with Crippen LogP contribution in [0.5, 0.6) is 5.75 Å². The van der Waals surface area contributed by atoms with Crippen LogP contribution >= 0.6 is 11.5 Å². The number of amides is 1. The van der Waals surface area contributed by atoms with Crippen LogP contribution in [0.4, 0.5) is 5.13 Å². The predicted molar refractivity (Wildman–Crippen MR) is 90.0 cm³/mol. The molecule has 1 saturated heterocycles. The van der Waals surface area contributed by atoms with Gasteiger partial charge in [-0.15, -0.1) is 0 Å². The smallest absolute Gasteiger partial charge is 0.242 e. The van der Waals surface area contributed by atoms with Crippen LogP contribution in [0.1, 0.15) is 30.7 Å². The van der Waals surface area contributed by atoms with Crippen LogP contribution in [0.3, 0.4) is 0 Å². The molecule has 0 saturated carbocycles. The van der Waals surface area contributed by atoms with Crippen molar-refractivity contribution in [1.82, 2.24) is 14.7 Å². The molecule has 7 heteroatoms. The minimum absolute atomic E-state index is 0.0482. The van der Waals surface area contributed by atoms with Gasteiger partial charge >= 0.3 is 0 Å². The molecule has 23 heavy (non-hydrogen) atoms. The fourth-order valence-corrected chi connectivity index (χ4v) is 3.21. The third kappa shape index (κ3) is 4.19. The van der Waals surface area contributed by atoms with Crippen LogP contribution in [-0.2, 0) is 11.2 Å². The van der Waals surface area contributed by atoms with Crippen molar-refractivity contribution in [2.75, 3.05) is 19.0 Å². The lowest BCUT2D eigenvalue weighted by atomic mass is 10.1. The third-order valence-corrected chi connectivity index (χ3v) is 4.48.